The molecule has 0 saturated heterocycles. The Morgan fingerprint density at radius 1 is 1.15 bits per heavy atom. The lowest BCUT2D eigenvalue weighted by Gasteiger charge is -2.17. The van der Waals surface area contributed by atoms with Crippen molar-refractivity contribution >= 4 is 11.4 Å². The van der Waals surface area contributed by atoms with Crippen molar-refractivity contribution in [2.24, 2.45) is 0 Å². The van der Waals surface area contributed by atoms with Gasteiger partial charge in [-0.25, -0.2) is 0 Å². The highest BCUT2D eigenvalue weighted by atomic mass is 16.5. The summed E-state index contributed by atoms with van der Waals surface area (Å²) in [5.74, 6) is 0.707. The molecule has 0 fully saturated rings. The molecule has 2 aromatic rings. The summed E-state index contributed by atoms with van der Waals surface area (Å²) in [6, 6.07) is 11.7. The highest BCUT2D eigenvalue weighted by molar-refractivity contribution is 5.61. The van der Waals surface area contributed by atoms with Crippen LogP contribution in [-0.2, 0) is 0 Å². The average Bonchev–Trinajstić information content (AvgIpc) is 2.43. The zero-order valence-corrected chi connectivity index (χ0v) is 12.1. The third-order valence-electron chi connectivity index (χ3n) is 2.89. The first-order valence-corrected chi connectivity index (χ1v) is 6.80. The summed E-state index contributed by atoms with van der Waals surface area (Å²) in [5.41, 5.74) is 8.52. The zero-order chi connectivity index (χ0) is 14.5. The Morgan fingerprint density at radius 2 is 1.95 bits per heavy atom. The predicted molar refractivity (Wildman–Crippen MR) is 82.9 cm³/mol. The monoisotopic (exact) mass is 271 g/mol. The number of anilines is 2. The standard InChI is InChI=1S/C16H21N3O/c1-11(2)20-16-10-13(7-8-14(16)17)19-12(3)15-6-4-5-9-18-15/h4-12,19H,17H2,1-3H3. The molecule has 4 nitrogen and oxygen atoms in total. The maximum atomic E-state index is 5.91. The second-order valence-electron chi connectivity index (χ2n) is 5.04. The quantitative estimate of drug-likeness (QED) is 0.815. The van der Waals surface area contributed by atoms with Gasteiger partial charge >= 0.3 is 0 Å². The summed E-state index contributed by atoms with van der Waals surface area (Å²) >= 11 is 0. The summed E-state index contributed by atoms with van der Waals surface area (Å²) in [7, 11) is 0. The largest absolute Gasteiger partial charge is 0.489 e. The highest BCUT2D eigenvalue weighted by Gasteiger charge is 2.09. The van der Waals surface area contributed by atoms with Crippen molar-refractivity contribution in [3.8, 4) is 5.75 Å². The Bertz CT molecular complexity index is 555. The molecule has 0 saturated carbocycles. The lowest BCUT2D eigenvalue weighted by molar-refractivity contribution is 0.244. The van der Waals surface area contributed by atoms with Crippen molar-refractivity contribution in [2.45, 2.75) is 32.9 Å². The van der Waals surface area contributed by atoms with Crippen LogP contribution in [0.2, 0.25) is 0 Å². The molecule has 0 radical (unpaired) electrons. The Hall–Kier alpha value is -2.23. The fourth-order valence-corrected chi connectivity index (χ4v) is 1.94. The van der Waals surface area contributed by atoms with Crippen molar-refractivity contribution in [2.75, 3.05) is 11.1 Å². The molecule has 0 bridgehead atoms. The Balaban J connectivity index is 2.13. The summed E-state index contributed by atoms with van der Waals surface area (Å²) < 4.78 is 5.69. The molecule has 0 aliphatic rings. The second kappa shape index (κ2) is 6.28. The van der Waals surface area contributed by atoms with Crippen LogP contribution in [0.15, 0.2) is 42.6 Å². The van der Waals surface area contributed by atoms with E-state index >= 15 is 0 Å². The second-order valence-corrected chi connectivity index (χ2v) is 5.04. The maximum absolute atomic E-state index is 5.91. The summed E-state index contributed by atoms with van der Waals surface area (Å²) in [5, 5.41) is 3.40. The number of aromatic nitrogens is 1. The van der Waals surface area contributed by atoms with Crippen LogP contribution in [0.25, 0.3) is 0 Å². The number of nitrogens with zero attached hydrogens (tertiary/aromatic N) is 1. The van der Waals surface area contributed by atoms with Gasteiger partial charge in [-0.2, -0.15) is 0 Å². The molecular weight excluding hydrogens is 250 g/mol. The lowest BCUT2D eigenvalue weighted by Crippen LogP contribution is -2.10. The van der Waals surface area contributed by atoms with Crippen LogP contribution in [0.3, 0.4) is 0 Å². The molecule has 0 aliphatic carbocycles. The van der Waals surface area contributed by atoms with E-state index < -0.39 is 0 Å². The molecule has 1 atom stereocenters. The molecule has 4 heteroatoms. The van der Waals surface area contributed by atoms with Crippen LogP contribution >= 0.6 is 0 Å². The van der Waals surface area contributed by atoms with Crippen molar-refractivity contribution in [3.05, 3.63) is 48.3 Å². The number of nitrogens with one attached hydrogen (secondary N) is 1. The molecule has 0 spiro atoms. The first-order chi connectivity index (χ1) is 9.56. The average molecular weight is 271 g/mol. The van der Waals surface area contributed by atoms with Gasteiger partial charge in [0.25, 0.3) is 0 Å². The van der Waals surface area contributed by atoms with E-state index in [4.69, 9.17) is 10.5 Å². The molecule has 0 aliphatic heterocycles. The van der Waals surface area contributed by atoms with Gasteiger partial charge in [0, 0.05) is 18.0 Å². The van der Waals surface area contributed by atoms with Gasteiger partial charge in [-0.05, 0) is 45.0 Å². The van der Waals surface area contributed by atoms with Gasteiger partial charge in [0.2, 0.25) is 0 Å². The van der Waals surface area contributed by atoms with Gasteiger partial charge in [-0.15, -0.1) is 0 Å². The molecule has 1 aromatic heterocycles. The van der Waals surface area contributed by atoms with Crippen LogP contribution in [-0.4, -0.2) is 11.1 Å². The van der Waals surface area contributed by atoms with E-state index in [-0.39, 0.29) is 12.1 Å². The Kier molecular flexibility index (Phi) is 4.45. The number of ether oxygens (including phenoxy) is 1. The molecule has 20 heavy (non-hydrogen) atoms. The van der Waals surface area contributed by atoms with Crippen molar-refractivity contribution in [3.63, 3.8) is 0 Å². The predicted octanol–water partition coefficient (Wildman–Crippen LogP) is 3.62. The van der Waals surface area contributed by atoms with Gasteiger partial charge < -0.3 is 15.8 Å². The number of pyridine rings is 1. The van der Waals surface area contributed by atoms with E-state index in [1.54, 1.807) is 6.20 Å². The van der Waals surface area contributed by atoms with E-state index in [1.807, 2.05) is 50.2 Å². The minimum absolute atomic E-state index is 0.0979. The van der Waals surface area contributed by atoms with Gasteiger partial charge in [0.05, 0.1) is 23.5 Å². The molecular formula is C16H21N3O. The first kappa shape index (κ1) is 14.2. The van der Waals surface area contributed by atoms with Gasteiger partial charge in [-0.1, -0.05) is 6.07 Å². The number of hydrogen-bond donors (Lipinski definition) is 2. The number of hydrogen-bond acceptors (Lipinski definition) is 4. The summed E-state index contributed by atoms with van der Waals surface area (Å²) in [6.07, 6.45) is 1.89. The number of benzene rings is 1. The van der Waals surface area contributed by atoms with Crippen molar-refractivity contribution < 1.29 is 4.74 Å². The van der Waals surface area contributed by atoms with Gasteiger partial charge in [-0.3, -0.25) is 4.98 Å². The topological polar surface area (TPSA) is 60.2 Å². The highest BCUT2D eigenvalue weighted by Crippen LogP contribution is 2.28. The third kappa shape index (κ3) is 3.63. The molecule has 2 rings (SSSR count). The van der Waals surface area contributed by atoms with Crippen molar-refractivity contribution in [1.29, 1.82) is 0 Å². The number of rotatable bonds is 5. The minimum atomic E-state index is 0.0979. The van der Waals surface area contributed by atoms with Crippen LogP contribution in [0, 0.1) is 0 Å². The SMILES string of the molecule is CC(C)Oc1cc(NC(C)c2ccccn2)ccc1N. The van der Waals surface area contributed by atoms with E-state index in [2.05, 4.69) is 17.2 Å². The van der Waals surface area contributed by atoms with Crippen molar-refractivity contribution in [1.82, 2.24) is 4.98 Å². The summed E-state index contributed by atoms with van der Waals surface area (Å²) in [6.45, 7) is 6.04. The Labute approximate surface area is 120 Å². The minimum Gasteiger partial charge on any atom is -0.489 e. The smallest absolute Gasteiger partial charge is 0.144 e. The normalized spacial score (nSPS) is 12.2. The van der Waals surface area contributed by atoms with Crippen LogP contribution in [0.4, 0.5) is 11.4 Å². The van der Waals surface area contributed by atoms with Gasteiger partial charge in [0.15, 0.2) is 0 Å². The van der Waals surface area contributed by atoms with Crippen LogP contribution in [0.5, 0.6) is 5.75 Å². The van der Waals surface area contributed by atoms with Gasteiger partial charge in [0.1, 0.15) is 5.75 Å². The molecule has 3 N–H and O–H groups in total. The molecule has 106 valence electrons. The maximum Gasteiger partial charge on any atom is 0.144 e. The number of nitrogen functional groups attached to an aromatic ring is 1. The van der Waals surface area contributed by atoms with Crippen LogP contribution in [0.1, 0.15) is 32.5 Å². The van der Waals surface area contributed by atoms with Crippen LogP contribution < -0.4 is 15.8 Å². The fourth-order valence-electron chi connectivity index (χ4n) is 1.94. The fraction of sp³-hybridized carbons (Fsp3) is 0.312. The van der Waals surface area contributed by atoms with E-state index in [0.29, 0.717) is 11.4 Å². The third-order valence-corrected chi connectivity index (χ3v) is 2.89. The number of nitrogens with two attached hydrogens (primary N) is 1. The molecule has 1 unspecified atom stereocenters. The molecule has 1 heterocycles. The van der Waals surface area contributed by atoms with E-state index in [9.17, 15) is 0 Å². The van der Waals surface area contributed by atoms with E-state index in [0.717, 1.165) is 11.4 Å². The lowest BCUT2D eigenvalue weighted by atomic mass is 10.2. The Morgan fingerprint density at radius 3 is 2.60 bits per heavy atom. The zero-order valence-electron chi connectivity index (χ0n) is 12.1. The molecule has 0 amide bonds. The van der Waals surface area contributed by atoms with E-state index in [1.165, 1.54) is 0 Å². The summed E-state index contributed by atoms with van der Waals surface area (Å²) in [4.78, 5) is 4.34. The first-order valence-electron chi connectivity index (χ1n) is 6.80. The molecule has 1 aromatic carbocycles.